The van der Waals surface area contributed by atoms with Gasteiger partial charge < -0.3 is 4.90 Å². The van der Waals surface area contributed by atoms with Crippen LogP contribution in [0.2, 0.25) is 0 Å². The first-order valence-electron chi connectivity index (χ1n) is 2.90. The van der Waals surface area contributed by atoms with Gasteiger partial charge in [-0.2, -0.15) is 0 Å². The van der Waals surface area contributed by atoms with Crippen LogP contribution in [0.25, 0.3) is 0 Å². The third kappa shape index (κ3) is 2.76. The standard InChI is InChI=1S/C7H11NO/c1-4-6-7(9)8(3)5-2/h5H2,1-3H3. The zero-order valence-electron chi connectivity index (χ0n) is 6.06. The van der Waals surface area contributed by atoms with Gasteiger partial charge in [0.25, 0.3) is 5.91 Å². The average molecular weight is 125 g/mol. The molecule has 0 rings (SSSR count). The molecule has 0 aromatic rings. The van der Waals surface area contributed by atoms with E-state index in [2.05, 4.69) is 11.8 Å². The Balaban J connectivity index is 3.83. The lowest BCUT2D eigenvalue weighted by molar-refractivity contribution is -0.123. The molecule has 0 saturated heterocycles. The highest BCUT2D eigenvalue weighted by Crippen LogP contribution is 1.79. The molecule has 0 spiro atoms. The van der Waals surface area contributed by atoms with Crippen LogP contribution in [0.1, 0.15) is 13.8 Å². The van der Waals surface area contributed by atoms with Crippen molar-refractivity contribution in [2.24, 2.45) is 0 Å². The highest BCUT2D eigenvalue weighted by molar-refractivity contribution is 5.93. The lowest BCUT2D eigenvalue weighted by Crippen LogP contribution is -2.24. The van der Waals surface area contributed by atoms with Crippen LogP contribution < -0.4 is 0 Å². The largest absolute Gasteiger partial charge is 0.335 e. The zero-order valence-corrected chi connectivity index (χ0v) is 6.06. The van der Waals surface area contributed by atoms with Crippen LogP contribution >= 0.6 is 0 Å². The summed E-state index contributed by atoms with van der Waals surface area (Å²) in [5.74, 6) is 4.86. The van der Waals surface area contributed by atoms with E-state index in [0.717, 1.165) is 0 Å². The molecule has 2 nitrogen and oxygen atoms in total. The molecule has 0 aliphatic rings. The molecule has 0 aromatic heterocycles. The molecule has 0 aliphatic carbocycles. The maximum absolute atomic E-state index is 10.7. The average Bonchev–Trinajstić information content (AvgIpc) is 1.87. The van der Waals surface area contributed by atoms with Crippen LogP contribution in [0.15, 0.2) is 0 Å². The molecule has 50 valence electrons. The fourth-order valence-electron chi connectivity index (χ4n) is 0.346. The normalized spacial score (nSPS) is 7.44. The predicted octanol–water partition coefficient (Wildman–Crippen LogP) is 0.488. The Kier molecular flexibility index (Phi) is 3.54. The van der Waals surface area contributed by atoms with Crippen LogP contribution in [0.5, 0.6) is 0 Å². The van der Waals surface area contributed by atoms with E-state index in [-0.39, 0.29) is 5.91 Å². The van der Waals surface area contributed by atoms with Crippen LogP contribution in [0.4, 0.5) is 0 Å². The summed E-state index contributed by atoms with van der Waals surface area (Å²) in [6.07, 6.45) is 0. The summed E-state index contributed by atoms with van der Waals surface area (Å²) in [6, 6.07) is 0. The van der Waals surface area contributed by atoms with E-state index in [1.165, 1.54) is 0 Å². The van der Waals surface area contributed by atoms with Crippen molar-refractivity contribution in [1.29, 1.82) is 0 Å². The third-order valence-corrected chi connectivity index (χ3v) is 1.05. The molecule has 0 unspecified atom stereocenters. The number of amides is 1. The maximum Gasteiger partial charge on any atom is 0.298 e. The van der Waals surface area contributed by atoms with E-state index in [0.29, 0.717) is 6.54 Å². The Hall–Kier alpha value is -0.970. The number of carbonyl (C=O) groups excluding carboxylic acids is 1. The van der Waals surface area contributed by atoms with Gasteiger partial charge >= 0.3 is 0 Å². The van der Waals surface area contributed by atoms with Crippen LogP contribution in [0.3, 0.4) is 0 Å². The minimum Gasteiger partial charge on any atom is -0.335 e. The van der Waals surface area contributed by atoms with Gasteiger partial charge in [-0.15, -0.1) is 0 Å². The van der Waals surface area contributed by atoms with E-state index in [9.17, 15) is 4.79 Å². The molecular formula is C7H11NO. The van der Waals surface area contributed by atoms with Crippen molar-refractivity contribution in [2.75, 3.05) is 13.6 Å². The number of rotatable bonds is 1. The molecule has 0 fully saturated rings. The summed E-state index contributed by atoms with van der Waals surface area (Å²) in [5, 5.41) is 0. The highest BCUT2D eigenvalue weighted by Gasteiger charge is 1.98. The summed E-state index contributed by atoms with van der Waals surface area (Å²) in [7, 11) is 1.73. The van der Waals surface area contributed by atoms with E-state index in [1.807, 2.05) is 6.92 Å². The number of carbonyl (C=O) groups is 1. The third-order valence-electron chi connectivity index (χ3n) is 1.05. The van der Waals surface area contributed by atoms with E-state index in [1.54, 1.807) is 18.9 Å². The van der Waals surface area contributed by atoms with Gasteiger partial charge in [0.15, 0.2) is 0 Å². The first-order chi connectivity index (χ1) is 4.22. The van der Waals surface area contributed by atoms with Gasteiger partial charge in [-0.3, -0.25) is 4.79 Å². The first kappa shape index (κ1) is 8.03. The Morgan fingerprint density at radius 1 is 1.67 bits per heavy atom. The molecular weight excluding hydrogens is 114 g/mol. The Morgan fingerprint density at radius 3 is 2.56 bits per heavy atom. The molecule has 0 saturated carbocycles. The van der Waals surface area contributed by atoms with Crippen molar-refractivity contribution in [2.45, 2.75) is 13.8 Å². The summed E-state index contributed by atoms with van der Waals surface area (Å²) in [4.78, 5) is 12.3. The second-order valence-electron chi connectivity index (χ2n) is 1.69. The maximum atomic E-state index is 10.7. The van der Waals surface area contributed by atoms with Crippen molar-refractivity contribution in [1.82, 2.24) is 4.90 Å². The highest BCUT2D eigenvalue weighted by atomic mass is 16.2. The molecule has 2 heteroatoms. The van der Waals surface area contributed by atoms with Crippen molar-refractivity contribution in [3.63, 3.8) is 0 Å². The van der Waals surface area contributed by atoms with Gasteiger partial charge in [0.2, 0.25) is 0 Å². The van der Waals surface area contributed by atoms with Crippen molar-refractivity contribution in [3.05, 3.63) is 0 Å². The van der Waals surface area contributed by atoms with Crippen molar-refractivity contribution < 1.29 is 4.79 Å². The second-order valence-corrected chi connectivity index (χ2v) is 1.69. The number of hydrogen-bond donors (Lipinski definition) is 0. The monoisotopic (exact) mass is 125 g/mol. The fraction of sp³-hybridized carbons (Fsp3) is 0.571. The molecule has 0 aliphatic heterocycles. The van der Waals surface area contributed by atoms with E-state index in [4.69, 9.17) is 0 Å². The molecule has 9 heavy (non-hydrogen) atoms. The lowest BCUT2D eigenvalue weighted by atomic mass is 10.5. The lowest BCUT2D eigenvalue weighted by Gasteiger charge is -2.08. The van der Waals surface area contributed by atoms with Gasteiger partial charge in [0, 0.05) is 13.6 Å². The molecule has 0 radical (unpaired) electrons. The minimum absolute atomic E-state index is 0.111. The SMILES string of the molecule is CC#CC(=O)N(C)CC. The van der Waals surface area contributed by atoms with Gasteiger partial charge in [0.1, 0.15) is 0 Å². The van der Waals surface area contributed by atoms with E-state index >= 15 is 0 Å². The zero-order chi connectivity index (χ0) is 7.28. The van der Waals surface area contributed by atoms with E-state index < -0.39 is 0 Å². The fourth-order valence-corrected chi connectivity index (χ4v) is 0.346. The first-order valence-corrected chi connectivity index (χ1v) is 2.90. The topological polar surface area (TPSA) is 20.3 Å². The summed E-state index contributed by atoms with van der Waals surface area (Å²) >= 11 is 0. The van der Waals surface area contributed by atoms with Gasteiger partial charge in [-0.05, 0) is 19.8 Å². The molecule has 0 N–H and O–H groups in total. The minimum atomic E-state index is -0.111. The summed E-state index contributed by atoms with van der Waals surface area (Å²) in [6.45, 7) is 4.28. The van der Waals surface area contributed by atoms with Crippen molar-refractivity contribution >= 4 is 5.91 Å². The Morgan fingerprint density at radius 2 is 2.22 bits per heavy atom. The molecule has 0 heterocycles. The van der Waals surface area contributed by atoms with Gasteiger partial charge in [0.05, 0.1) is 0 Å². The van der Waals surface area contributed by atoms with Crippen LogP contribution in [-0.2, 0) is 4.79 Å². The second kappa shape index (κ2) is 3.96. The van der Waals surface area contributed by atoms with Gasteiger partial charge in [-0.1, -0.05) is 5.92 Å². The Labute approximate surface area is 55.8 Å². The molecule has 0 bridgehead atoms. The van der Waals surface area contributed by atoms with Crippen LogP contribution in [-0.4, -0.2) is 24.4 Å². The molecule has 0 aromatic carbocycles. The van der Waals surface area contributed by atoms with Crippen molar-refractivity contribution in [3.8, 4) is 11.8 Å². The van der Waals surface area contributed by atoms with Gasteiger partial charge in [-0.25, -0.2) is 0 Å². The molecule has 0 atom stereocenters. The summed E-state index contributed by atoms with van der Waals surface area (Å²) in [5.41, 5.74) is 0. The summed E-state index contributed by atoms with van der Waals surface area (Å²) < 4.78 is 0. The quantitative estimate of drug-likeness (QED) is 0.467. The number of hydrogen-bond acceptors (Lipinski definition) is 1. The predicted molar refractivity (Wildman–Crippen MR) is 36.8 cm³/mol. The molecule has 1 amide bonds. The smallest absolute Gasteiger partial charge is 0.298 e. The number of nitrogens with zero attached hydrogens (tertiary/aromatic N) is 1. The van der Waals surface area contributed by atoms with Crippen LogP contribution in [0, 0.1) is 11.8 Å². The Bertz CT molecular complexity index is 152.